The Bertz CT molecular complexity index is 704. The monoisotopic (exact) mass is 347 g/mol. The Morgan fingerprint density at radius 2 is 1.64 bits per heavy atom. The number of aromatic nitrogens is 1. The molecule has 0 N–H and O–H groups in total. The van der Waals surface area contributed by atoms with Gasteiger partial charge in [0.2, 0.25) is 5.95 Å². The van der Waals surface area contributed by atoms with Gasteiger partial charge in [-0.25, -0.2) is 4.39 Å². The maximum Gasteiger partial charge on any atom is 0.251 e. The average Bonchev–Trinajstić information content (AvgIpc) is 2.64. The van der Waals surface area contributed by atoms with Crippen LogP contribution in [-0.4, -0.2) is 4.98 Å². The Hall–Kier alpha value is -1.84. The van der Waals surface area contributed by atoms with E-state index >= 15 is 0 Å². The molecule has 1 fully saturated rings. The van der Waals surface area contributed by atoms with Gasteiger partial charge in [0.25, 0.3) is 5.95 Å². The van der Waals surface area contributed by atoms with Crippen LogP contribution in [0.4, 0.5) is 13.2 Å². The summed E-state index contributed by atoms with van der Waals surface area (Å²) in [5, 5.41) is 0. The first-order chi connectivity index (χ1) is 12.1. The smallest absolute Gasteiger partial charge is 0.202 e. The summed E-state index contributed by atoms with van der Waals surface area (Å²) in [5.74, 6) is -2.12. The first-order valence-electron chi connectivity index (χ1n) is 9.20. The van der Waals surface area contributed by atoms with Gasteiger partial charge in [-0.1, -0.05) is 50.5 Å². The highest BCUT2D eigenvalue weighted by atomic mass is 19.2. The lowest BCUT2D eigenvalue weighted by atomic mass is 9.77. The maximum atomic E-state index is 13.8. The van der Waals surface area contributed by atoms with Gasteiger partial charge in [-0.05, 0) is 54.7 Å². The van der Waals surface area contributed by atoms with Crippen LogP contribution in [0.15, 0.2) is 30.3 Å². The maximum absolute atomic E-state index is 13.8. The second-order valence-corrected chi connectivity index (χ2v) is 7.08. The van der Waals surface area contributed by atoms with Crippen molar-refractivity contribution in [2.75, 3.05) is 0 Å². The SMILES string of the molecule is CCCCC1CCC(c2ccc(-c3cc(F)c(F)nc3F)cc2)CC1. The predicted octanol–water partition coefficient (Wildman–Crippen LogP) is 6.63. The minimum absolute atomic E-state index is 0.00581. The number of pyridine rings is 1. The minimum atomic E-state index is -1.40. The number of nitrogens with zero attached hydrogens (tertiary/aromatic N) is 1. The van der Waals surface area contributed by atoms with Crippen LogP contribution in [-0.2, 0) is 0 Å². The van der Waals surface area contributed by atoms with Crippen LogP contribution in [0, 0.1) is 23.6 Å². The van der Waals surface area contributed by atoms with Crippen LogP contribution >= 0.6 is 0 Å². The molecule has 134 valence electrons. The van der Waals surface area contributed by atoms with E-state index < -0.39 is 17.7 Å². The molecule has 0 bridgehead atoms. The van der Waals surface area contributed by atoms with E-state index in [-0.39, 0.29) is 5.56 Å². The van der Waals surface area contributed by atoms with Crippen LogP contribution in [0.5, 0.6) is 0 Å². The lowest BCUT2D eigenvalue weighted by Crippen LogP contribution is -2.13. The van der Waals surface area contributed by atoms with Gasteiger partial charge in [0, 0.05) is 5.56 Å². The number of rotatable bonds is 5. The van der Waals surface area contributed by atoms with E-state index in [1.807, 2.05) is 12.1 Å². The first kappa shape index (κ1) is 18.0. The van der Waals surface area contributed by atoms with Gasteiger partial charge < -0.3 is 0 Å². The summed E-state index contributed by atoms with van der Waals surface area (Å²) in [6, 6.07) is 8.37. The second kappa shape index (κ2) is 8.03. The van der Waals surface area contributed by atoms with Gasteiger partial charge in [-0.3, -0.25) is 0 Å². The average molecular weight is 347 g/mol. The van der Waals surface area contributed by atoms with Crippen LogP contribution in [0.2, 0.25) is 0 Å². The number of hydrogen-bond acceptors (Lipinski definition) is 1. The van der Waals surface area contributed by atoms with Gasteiger partial charge in [0.05, 0.1) is 0 Å². The van der Waals surface area contributed by atoms with E-state index in [0.29, 0.717) is 11.5 Å². The van der Waals surface area contributed by atoms with Crippen LogP contribution < -0.4 is 0 Å². The number of unbranched alkanes of at least 4 members (excludes halogenated alkanes) is 1. The Kier molecular flexibility index (Phi) is 5.77. The fourth-order valence-corrected chi connectivity index (χ4v) is 3.86. The highest BCUT2D eigenvalue weighted by Crippen LogP contribution is 2.38. The van der Waals surface area contributed by atoms with E-state index in [2.05, 4.69) is 11.9 Å². The quantitative estimate of drug-likeness (QED) is 0.553. The zero-order chi connectivity index (χ0) is 17.8. The van der Waals surface area contributed by atoms with Gasteiger partial charge in [-0.2, -0.15) is 13.8 Å². The third-order valence-electron chi connectivity index (χ3n) is 5.39. The van der Waals surface area contributed by atoms with E-state index in [4.69, 9.17) is 0 Å². The Balaban J connectivity index is 1.68. The van der Waals surface area contributed by atoms with E-state index in [9.17, 15) is 13.2 Å². The summed E-state index contributed by atoms with van der Waals surface area (Å²) in [6.45, 7) is 2.23. The molecule has 0 unspecified atom stereocenters. The number of benzene rings is 1. The van der Waals surface area contributed by atoms with Gasteiger partial charge >= 0.3 is 0 Å². The van der Waals surface area contributed by atoms with Crippen molar-refractivity contribution < 1.29 is 13.2 Å². The summed E-state index contributed by atoms with van der Waals surface area (Å²) in [5.41, 5.74) is 1.76. The van der Waals surface area contributed by atoms with Gasteiger partial charge in [0.15, 0.2) is 5.82 Å². The molecule has 1 aliphatic rings. The van der Waals surface area contributed by atoms with Crippen molar-refractivity contribution in [2.24, 2.45) is 5.92 Å². The molecular formula is C21H24F3N. The van der Waals surface area contributed by atoms with Crippen molar-refractivity contribution in [1.82, 2.24) is 4.98 Å². The predicted molar refractivity (Wildman–Crippen MR) is 93.8 cm³/mol. The highest BCUT2D eigenvalue weighted by Gasteiger charge is 2.22. The molecule has 25 heavy (non-hydrogen) atoms. The molecule has 0 radical (unpaired) electrons. The zero-order valence-electron chi connectivity index (χ0n) is 14.6. The molecule has 0 atom stereocenters. The zero-order valence-corrected chi connectivity index (χ0v) is 14.6. The van der Waals surface area contributed by atoms with Crippen LogP contribution in [0.3, 0.4) is 0 Å². The molecule has 1 aromatic heterocycles. The molecule has 0 spiro atoms. The van der Waals surface area contributed by atoms with Crippen molar-refractivity contribution in [1.29, 1.82) is 0 Å². The summed E-state index contributed by atoms with van der Waals surface area (Å²) in [6.07, 6.45) is 8.84. The van der Waals surface area contributed by atoms with E-state index in [0.717, 1.165) is 12.0 Å². The molecular weight excluding hydrogens is 323 g/mol. The standard InChI is InChI=1S/C21H24F3N/c1-2-3-4-14-5-7-15(8-6-14)16-9-11-17(12-10-16)18-13-19(22)21(24)25-20(18)23/h9-15H,2-8H2,1H3. The van der Waals surface area contributed by atoms with Crippen molar-refractivity contribution in [3.8, 4) is 11.1 Å². The van der Waals surface area contributed by atoms with Crippen molar-refractivity contribution in [2.45, 2.75) is 57.8 Å². The van der Waals surface area contributed by atoms with E-state index in [1.165, 1.54) is 50.5 Å². The third-order valence-corrected chi connectivity index (χ3v) is 5.39. The normalized spacial score (nSPS) is 20.6. The Morgan fingerprint density at radius 1 is 0.960 bits per heavy atom. The Labute approximate surface area is 147 Å². The highest BCUT2D eigenvalue weighted by molar-refractivity contribution is 5.63. The molecule has 0 saturated heterocycles. The third kappa shape index (κ3) is 4.23. The molecule has 2 aromatic rings. The minimum Gasteiger partial charge on any atom is -0.202 e. The van der Waals surface area contributed by atoms with Crippen LogP contribution in [0.25, 0.3) is 11.1 Å². The molecule has 1 heterocycles. The fraction of sp³-hybridized carbons (Fsp3) is 0.476. The molecule has 1 aromatic carbocycles. The second-order valence-electron chi connectivity index (χ2n) is 7.08. The lowest BCUT2D eigenvalue weighted by molar-refractivity contribution is 0.304. The summed E-state index contributed by atoms with van der Waals surface area (Å²) < 4.78 is 40.1. The lowest BCUT2D eigenvalue weighted by Gasteiger charge is -2.29. The molecule has 1 nitrogen and oxygen atoms in total. The van der Waals surface area contributed by atoms with Crippen molar-refractivity contribution >= 4 is 0 Å². The summed E-state index contributed by atoms with van der Waals surface area (Å²) in [7, 11) is 0. The van der Waals surface area contributed by atoms with Crippen molar-refractivity contribution in [3.63, 3.8) is 0 Å². The molecule has 1 saturated carbocycles. The molecule has 3 rings (SSSR count). The van der Waals surface area contributed by atoms with E-state index in [1.54, 1.807) is 12.1 Å². The number of hydrogen-bond donors (Lipinski definition) is 0. The molecule has 0 amide bonds. The molecule has 1 aliphatic carbocycles. The van der Waals surface area contributed by atoms with Gasteiger partial charge in [0.1, 0.15) is 0 Å². The summed E-state index contributed by atoms with van der Waals surface area (Å²) >= 11 is 0. The fourth-order valence-electron chi connectivity index (χ4n) is 3.86. The summed E-state index contributed by atoms with van der Waals surface area (Å²) in [4.78, 5) is 2.99. The molecule has 4 heteroatoms. The van der Waals surface area contributed by atoms with Crippen LogP contribution in [0.1, 0.15) is 63.4 Å². The largest absolute Gasteiger partial charge is 0.251 e. The Morgan fingerprint density at radius 3 is 2.28 bits per heavy atom. The topological polar surface area (TPSA) is 12.9 Å². The first-order valence-corrected chi connectivity index (χ1v) is 9.20. The molecule has 0 aliphatic heterocycles. The number of halogens is 3. The van der Waals surface area contributed by atoms with Crippen molar-refractivity contribution in [3.05, 3.63) is 53.6 Å². The van der Waals surface area contributed by atoms with Gasteiger partial charge in [-0.15, -0.1) is 0 Å².